The molecule has 1 aromatic carbocycles. The molecule has 5 nitrogen and oxygen atoms in total. The number of hydrogen-bond donors (Lipinski definition) is 0. The summed E-state index contributed by atoms with van der Waals surface area (Å²) < 4.78 is 22.7. The molecule has 1 aromatic heterocycles. The summed E-state index contributed by atoms with van der Waals surface area (Å²) >= 11 is 0. The van der Waals surface area contributed by atoms with Crippen molar-refractivity contribution >= 4 is 5.97 Å². The largest absolute Gasteiger partial charge is 0.469 e. The third kappa shape index (κ3) is 6.89. The molecular formula is C18H25FN2O3. The number of carbonyl (C=O) groups is 1. The highest BCUT2D eigenvalue weighted by molar-refractivity contribution is 5.68. The Labute approximate surface area is 142 Å². The lowest BCUT2D eigenvalue weighted by atomic mass is 10.1. The zero-order chi connectivity index (χ0) is 17.9. The van der Waals surface area contributed by atoms with Crippen LogP contribution in [0.15, 0.2) is 22.7 Å². The average Bonchev–Trinajstić information content (AvgIpc) is 2.98. The Balaban J connectivity index is 0.000000257. The van der Waals surface area contributed by atoms with E-state index in [1.54, 1.807) is 13.0 Å². The van der Waals surface area contributed by atoms with E-state index in [0.717, 1.165) is 18.4 Å². The number of carbonyl (C=O) groups excluding carboxylic acids is 1. The van der Waals surface area contributed by atoms with Crippen molar-refractivity contribution in [1.82, 2.24) is 10.1 Å². The first-order valence-corrected chi connectivity index (χ1v) is 8.11. The molecule has 0 bridgehead atoms. The molecular weight excluding hydrogens is 311 g/mol. The molecule has 0 spiro atoms. The molecule has 132 valence electrons. The van der Waals surface area contributed by atoms with E-state index in [0.29, 0.717) is 23.7 Å². The van der Waals surface area contributed by atoms with E-state index in [2.05, 4.69) is 21.8 Å². The number of aryl methyl sites for hydroxylation is 2. The Morgan fingerprint density at radius 2 is 2.00 bits per heavy atom. The number of halogens is 1. The van der Waals surface area contributed by atoms with E-state index < -0.39 is 0 Å². The lowest BCUT2D eigenvalue weighted by Gasteiger charge is -1.97. The number of nitrogens with zero attached hydrogens (tertiary/aromatic N) is 2. The Hall–Kier alpha value is -2.24. The Bertz CT molecular complexity index is 641. The van der Waals surface area contributed by atoms with E-state index >= 15 is 0 Å². The molecule has 6 heteroatoms. The predicted octanol–water partition coefficient (Wildman–Crippen LogP) is 4.62. The molecule has 2 rings (SSSR count). The number of unbranched alkanes of at least 4 members (excludes halogenated alkanes) is 3. The van der Waals surface area contributed by atoms with Crippen LogP contribution in [-0.2, 0) is 9.53 Å². The molecule has 0 saturated heterocycles. The van der Waals surface area contributed by atoms with Gasteiger partial charge in [-0.05, 0) is 31.0 Å². The van der Waals surface area contributed by atoms with Crippen LogP contribution in [0, 0.1) is 19.7 Å². The van der Waals surface area contributed by atoms with Gasteiger partial charge >= 0.3 is 5.97 Å². The number of rotatable bonds is 6. The summed E-state index contributed by atoms with van der Waals surface area (Å²) in [7, 11) is 1.43. The van der Waals surface area contributed by atoms with Crippen molar-refractivity contribution in [3.05, 3.63) is 35.5 Å². The maximum absolute atomic E-state index is 13.4. The van der Waals surface area contributed by atoms with Crippen LogP contribution in [-0.4, -0.2) is 23.2 Å². The van der Waals surface area contributed by atoms with Crippen molar-refractivity contribution in [2.24, 2.45) is 0 Å². The maximum atomic E-state index is 13.4. The van der Waals surface area contributed by atoms with E-state index in [9.17, 15) is 9.18 Å². The fourth-order valence-corrected chi connectivity index (χ4v) is 2.01. The first-order chi connectivity index (χ1) is 11.5. The Kier molecular flexibility index (Phi) is 8.68. The standard InChI is InChI=1S/C10H9FN2O.C8H16O2/c1-6-3-4-8(9(11)5-6)10-12-7(2)14-13-10;1-3-4-5-6-7-8(9)10-2/h3-5H,1-2H3;3-7H2,1-2H3. The lowest BCUT2D eigenvalue weighted by Crippen LogP contribution is -1.98. The van der Waals surface area contributed by atoms with Gasteiger partial charge in [-0.3, -0.25) is 4.79 Å². The molecule has 1 heterocycles. The lowest BCUT2D eigenvalue weighted by molar-refractivity contribution is -0.140. The van der Waals surface area contributed by atoms with Crippen LogP contribution in [0.2, 0.25) is 0 Å². The number of hydrogen-bond acceptors (Lipinski definition) is 5. The van der Waals surface area contributed by atoms with Gasteiger partial charge in [-0.25, -0.2) is 4.39 Å². The van der Waals surface area contributed by atoms with E-state index in [-0.39, 0.29) is 11.8 Å². The second-order valence-corrected chi connectivity index (χ2v) is 5.51. The fourth-order valence-electron chi connectivity index (χ4n) is 2.01. The number of methoxy groups -OCH3 is 1. The van der Waals surface area contributed by atoms with Gasteiger partial charge in [0.25, 0.3) is 0 Å². The number of esters is 1. The van der Waals surface area contributed by atoms with Crippen molar-refractivity contribution in [1.29, 1.82) is 0 Å². The third-order valence-corrected chi connectivity index (χ3v) is 3.36. The molecule has 0 fully saturated rings. The van der Waals surface area contributed by atoms with Crippen molar-refractivity contribution in [2.45, 2.75) is 52.9 Å². The molecule has 0 N–H and O–H groups in total. The van der Waals surface area contributed by atoms with E-state index in [4.69, 9.17) is 4.52 Å². The molecule has 0 aliphatic rings. The normalized spacial score (nSPS) is 10.0. The predicted molar refractivity (Wildman–Crippen MR) is 89.9 cm³/mol. The highest BCUT2D eigenvalue weighted by Crippen LogP contribution is 2.20. The van der Waals surface area contributed by atoms with Gasteiger partial charge in [0.05, 0.1) is 12.7 Å². The number of ether oxygens (including phenoxy) is 1. The van der Waals surface area contributed by atoms with Gasteiger partial charge in [0.15, 0.2) is 0 Å². The summed E-state index contributed by atoms with van der Waals surface area (Å²) in [6.07, 6.45) is 5.13. The van der Waals surface area contributed by atoms with Crippen molar-refractivity contribution in [2.75, 3.05) is 7.11 Å². The van der Waals surface area contributed by atoms with Crippen molar-refractivity contribution < 1.29 is 18.4 Å². The minimum atomic E-state index is -0.328. The molecule has 0 unspecified atom stereocenters. The summed E-state index contributed by atoms with van der Waals surface area (Å²) in [4.78, 5) is 14.5. The number of aromatic nitrogens is 2. The second kappa shape index (κ2) is 10.5. The monoisotopic (exact) mass is 336 g/mol. The smallest absolute Gasteiger partial charge is 0.305 e. The van der Waals surface area contributed by atoms with Gasteiger partial charge in [0.1, 0.15) is 5.82 Å². The number of benzene rings is 1. The van der Waals surface area contributed by atoms with Gasteiger partial charge in [0, 0.05) is 13.3 Å². The molecule has 0 radical (unpaired) electrons. The third-order valence-electron chi connectivity index (χ3n) is 3.36. The Morgan fingerprint density at radius 1 is 1.25 bits per heavy atom. The van der Waals surface area contributed by atoms with Crippen LogP contribution in [0.1, 0.15) is 50.5 Å². The summed E-state index contributed by atoms with van der Waals surface area (Å²) in [5.41, 5.74) is 1.24. The topological polar surface area (TPSA) is 65.2 Å². The molecule has 2 aromatic rings. The highest BCUT2D eigenvalue weighted by Gasteiger charge is 2.10. The van der Waals surface area contributed by atoms with Gasteiger partial charge in [0.2, 0.25) is 11.7 Å². The van der Waals surface area contributed by atoms with Gasteiger partial charge in [-0.1, -0.05) is 37.4 Å². The van der Waals surface area contributed by atoms with E-state index in [1.165, 1.54) is 26.0 Å². The van der Waals surface area contributed by atoms with Gasteiger partial charge in [-0.2, -0.15) is 4.98 Å². The minimum Gasteiger partial charge on any atom is -0.469 e. The molecule has 0 saturated carbocycles. The van der Waals surface area contributed by atoms with Crippen LogP contribution in [0.25, 0.3) is 11.4 Å². The van der Waals surface area contributed by atoms with Crippen molar-refractivity contribution in [3.8, 4) is 11.4 Å². The van der Waals surface area contributed by atoms with Crippen LogP contribution in [0.5, 0.6) is 0 Å². The highest BCUT2D eigenvalue weighted by atomic mass is 19.1. The van der Waals surface area contributed by atoms with Gasteiger partial charge < -0.3 is 9.26 Å². The average molecular weight is 336 g/mol. The molecule has 0 atom stereocenters. The summed E-state index contributed by atoms with van der Waals surface area (Å²) in [5.74, 6) is 0.307. The second-order valence-electron chi connectivity index (χ2n) is 5.51. The fraction of sp³-hybridized carbons (Fsp3) is 0.500. The molecule has 24 heavy (non-hydrogen) atoms. The van der Waals surface area contributed by atoms with Crippen LogP contribution in [0.4, 0.5) is 4.39 Å². The molecule has 0 aliphatic heterocycles. The summed E-state index contributed by atoms with van der Waals surface area (Å²) in [5, 5.41) is 3.65. The SMILES string of the molecule is CCCCCCC(=O)OC.Cc1ccc(-c2noc(C)n2)c(F)c1. The first-order valence-electron chi connectivity index (χ1n) is 8.11. The maximum Gasteiger partial charge on any atom is 0.305 e. The Morgan fingerprint density at radius 3 is 2.54 bits per heavy atom. The summed E-state index contributed by atoms with van der Waals surface area (Å²) in [6, 6.07) is 4.90. The zero-order valence-electron chi connectivity index (χ0n) is 14.8. The van der Waals surface area contributed by atoms with Gasteiger partial charge in [-0.15, -0.1) is 0 Å². The zero-order valence-corrected chi connectivity index (χ0v) is 14.8. The minimum absolute atomic E-state index is 0.0869. The van der Waals surface area contributed by atoms with Crippen LogP contribution < -0.4 is 0 Å². The molecule has 0 amide bonds. The van der Waals surface area contributed by atoms with Crippen molar-refractivity contribution in [3.63, 3.8) is 0 Å². The first kappa shape index (κ1) is 19.8. The molecule has 0 aliphatic carbocycles. The quantitative estimate of drug-likeness (QED) is 0.569. The summed E-state index contributed by atoms with van der Waals surface area (Å²) in [6.45, 7) is 5.65. The van der Waals surface area contributed by atoms with Crippen LogP contribution >= 0.6 is 0 Å². The van der Waals surface area contributed by atoms with Crippen LogP contribution in [0.3, 0.4) is 0 Å². The van der Waals surface area contributed by atoms with E-state index in [1.807, 2.05) is 13.0 Å².